The summed E-state index contributed by atoms with van der Waals surface area (Å²) < 4.78 is 0. The van der Waals surface area contributed by atoms with Crippen molar-refractivity contribution in [1.29, 1.82) is 0 Å². The van der Waals surface area contributed by atoms with E-state index in [1.165, 1.54) is 17.7 Å². The number of fused-ring (bicyclic) bond motifs is 1. The molecule has 3 aromatic rings. The molecule has 32 heavy (non-hydrogen) atoms. The number of aromatic nitrogens is 5. The van der Waals surface area contributed by atoms with Crippen LogP contribution < -0.4 is 20.9 Å². The highest BCUT2D eigenvalue weighted by atomic mass is 32.1. The fourth-order valence-electron chi connectivity index (χ4n) is 3.34. The normalized spacial score (nSPS) is 15.2. The van der Waals surface area contributed by atoms with Crippen molar-refractivity contribution in [2.75, 3.05) is 31.1 Å². The van der Waals surface area contributed by atoms with E-state index in [-0.39, 0.29) is 11.8 Å². The van der Waals surface area contributed by atoms with E-state index in [0.717, 1.165) is 37.6 Å². The van der Waals surface area contributed by atoms with Gasteiger partial charge in [-0.3, -0.25) is 9.59 Å². The van der Waals surface area contributed by atoms with E-state index in [4.69, 9.17) is 0 Å². The van der Waals surface area contributed by atoms with Gasteiger partial charge in [-0.2, -0.15) is 0 Å². The number of nitrogens with one attached hydrogen (secondary N) is 4. The lowest BCUT2D eigenvalue weighted by Crippen LogP contribution is -2.43. The molecule has 1 aliphatic rings. The third kappa shape index (κ3) is 5.37. The fourth-order valence-corrected chi connectivity index (χ4v) is 4.21. The monoisotopic (exact) mass is 457 g/mol. The molecule has 3 aromatic heterocycles. The first kappa shape index (κ1) is 22.1. The number of imidazole rings is 1. The van der Waals surface area contributed by atoms with Crippen LogP contribution in [-0.4, -0.2) is 62.9 Å². The largest absolute Gasteiger partial charge is 0.360 e. The molecular formula is C20H27N9O2S. The maximum absolute atomic E-state index is 13.0. The summed E-state index contributed by atoms with van der Waals surface area (Å²) in [5, 5.41) is 10.3. The second-order valence-electron chi connectivity index (χ2n) is 8.03. The first-order valence-corrected chi connectivity index (χ1v) is 11.5. The summed E-state index contributed by atoms with van der Waals surface area (Å²) in [5.74, 6) is 0.230. The van der Waals surface area contributed by atoms with Crippen LogP contribution in [0.1, 0.15) is 48.5 Å². The second-order valence-corrected chi connectivity index (χ2v) is 9.04. The zero-order chi connectivity index (χ0) is 22.5. The van der Waals surface area contributed by atoms with Crippen LogP contribution in [0.3, 0.4) is 0 Å². The third-order valence-corrected chi connectivity index (χ3v) is 6.16. The molecule has 170 valence electrons. The molecule has 12 heteroatoms. The summed E-state index contributed by atoms with van der Waals surface area (Å²) >= 11 is 1.33. The van der Waals surface area contributed by atoms with Gasteiger partial charge in [0.25, 0.3) is 5.91 Å². The van der Waals surface area contributed by atoms with E-state index in [9.17, 15) is 9.59 Å². The van der Waals surface area contributed by atoms with Crippen LogP contribution in [0.25, 0.3) is 11.2 Å². The van der Waals surface area contributed by atoms with E-state index in [0.29, 0.717) is 34.3 Å². The zero-order valence-corrected chi connectivity index (χ0v) is 18.9. The number of aromatic amines is 1. The summed E-state index contributed by atoms with van der Waals surface area (Å²) in [4.78, 5) is 47.6. The van der Waals surface area contributed by atoms with Gasteiger partial charge in [0, 0.05) is 32.6 Å². The molecule has 2 amide bonds. The Morgan fingerprint density at radius 2 is 2.00 bits per heavy atom. The molecule has 0 spiro atoms. The molecule has 1 atom stereocenters. The van der Waals surface area contributed by atoms with Gasteiger partial charge in [0.2, 0.25) is 5.91 Å². The summed E-state index contributed by atoms with van der Waals surface area (Å²) in [6.07, 6.45) is 4.97. The molecule has 11 nitrogen and oxygen atoms in total. The number of hydrogen-bond acceptors (Lipinski definition) is 9. The minimum Gasteiger partial charge on any atom is -0.360 e. The molecule has 1 fully saturated rings. The van der Waals surface area contributed by atoms with E-state index in [1.807, 2.05) is 0 Å². The smallest absolute Gasteiger partial charge is 0.282 e. The van der Waals surface area contributed by atoms with Gasteiger partial charge in [-0.15, -0.1) is 0 Å². The van der Waals surface area contributed by atoms with Crippen LogP contribution in [0.4, 0.5) is 5.00 Å². The van der Waals surface area contributed by atoms with Gasteiger partial charge in [0.05, 0.1) is 12.4 Å². The molecule has 0 aromatic carbocycles. The number of amides is 2. The highest BCUT2D eigenvalue weighted by Gasteiger charge is 2.24. The topological polar surface area (TPSA) is 141 Å². The average molecular weight is 458 g/mol. The Morgan fingerprint density at radius 1 is 1.19 bits per heavy atom. The van der Waals surface area contributed by atoms with Crippen molar-refractivity contribution in [3.8, 4) is 0 Å². The number of thiazole rings is 1. The van der Waals surface area contributed by atoms with Gasteiger partial charge in [-0.25, -0.2) is 19.9 Å². The van der Waals surface area contributed by atoms with E-state index in [1.54, 1.807) is 12.4 Å². The Bertz CT molecular complexity index is 1040. The molecule has 1 unspecified atom stereocenters. The Morgan fingerprint density at radius 3 is 2.75 bits per heavy atom. The van der Waals surface area contributed by atoms with Gasteiger partial charge >= 0.3 is 0 Å². The summed E-state index contributed by atoms with van der Waals surface area (Å²) in [7, 11) is 0. The maximum atomic E-state index is 13.0. The predicted molar refractivity (Wildman–Crippen MR) is 121 cm³/mol. The van der Waals surface area contributed by atoms with Crippen LogP contribution >= 0.6 is 11.3 Å². The van der Waals surface area contributed by atoms with Gasteiger partial charge in [-0.05, 0) is 12.3 Å². The van der Waals surface area contributed by atoms with Crippen molar-refractivity contribution >= 4 is 39.3 Å². The Hall–Kier alpha value is -3.12. The third-order valence-electron chi connectivity index (χ3n) is 5.10. The maximum Gasteiger partial charge on any atom is 0.282 e. The number of anilines is 1. The quantitative estimate of drug-likeness (QED) is 0.370. The van der Waals surface area contributed by atoms with Crippen LogP contribution in [0.5, 0.6) is 0 Å². The van der Waals surface area contributed by atoms with Crippen LogP contribution in [0.15, 0.2) is 18.7 Å². The minimum absolute atomic E-state index is 0.170. The molecular weight excluding hydrogens is 430 g/mol. The van der Waals surface area contributed by atoms with E-state index < -0.39 is 6.17 Å². The van der Waals surface area contributed by atoms with Gasteiger partial charge in [0.1, 0.15) is 16.8 Å². The molecule has 4 N–H and O–H groups in total. The van der Waals surface area contributed by atoms with Crippen LogP contribution in [0, 0.1) is 5.92 Å². The molecule has 1 saturated heterocycles. The second kappa shape index (κ2) is 10.0. The SMILES string of the molecule is CC(C)CCC(=O)NC(NC(=O)c1ncc(N2CCNCC2)s1)c1nc2ncncc2[nH]1. The zero-order valence-electron chi connectivity index (χ0n) is 18.1. The van der Waals surface area contributed by atoms with Crippen molar-refractivity contribution < 1.29 is 9.59 Å². The van der Waals surface area contributed by atoms with Crippen molar-refractivity contribution in [3.05, 3.63) is 29.6 Å². The lowest BCUT2D eigenvalue weighted by molar-refractivity contribution is -0.122. The first-order chi connectivity index (χ1) is 15.5. The number of hydrogen-bond donors (Lipinski definition) is 4. The molecule has 0 aliphatic carbocycles. The Labute approximate surface area is 189 Å². The van der Waals surface area contributed by atoms with Crippen LogP contribution in [-0.2, 0) is 4.79 Å². The summed E-state index contributed by atoms with van der Waals surface area (Å²) in [5.41, 5.74) is 1.08. The summed E-state index contributed by atoms with van der Waals surface area (Å²) in [6, 6.07) is 0. The molecule has 4 rings (SSSR count). The van der Waals surface area contributed by atoms with Crippen molar-refractivity contribution in [2.45, 2.75) is 32.9 Å². The number of rotatable bonds is 8. The van der Waals surface area contributed by atoms with E-state index >= 15 is 0 Å². The van der Waals surface area contributed by atoms with Crippen molar-refractivity contribution in [1.82, 2.24) is 40.9 Å². The number of carbonyl (C=O) groups excluding carboxylic acids is 2. The number of carbonyl (C=O) groups is 2. The Kier molecular flexibility index (Phi) is 6.90. The lowest BCUT2D eigenvalue weighted by Gasteiger charge is -2.27. The number of nitrogens with zero attached hydrogens (tertiary/aromatic N) is 5. The standard InChI is InChI=1S/C20H27N9O2S/c1-12(2)3-4-14(30)26-18(17-25-13-9-22-11-24-16(13)27-17)28-19(31)20-23-10-15(32-20)29-7-5-21-6-8-29/h9-12,18,21H,3-8H2,1-2H3,(H,26,30)(H,28,31)(H,22,24,25,27). The fraction of sp³-hybridized carbons (Fsp3) is 0.500. The lowest BCUT2D eigenvalue weighted by atomic mass is 10.1. The van der Waals surface area contributed by atoms with Gasteiger partial charge < -0.3 is 25.8 Å². The van der Waals surface area contributed by atoms with Crippen LogP contribution in [0.2, 0.25) is 0 Å². The minimum atomic E-state index is -0.845. The molecule has 0 saturated carbocycles. The van der Waals surface area contributed by atoms with Gasteiger partial charge in [0.15, 0.2) is 22.6 Å². The summed E-state index contributed by atoms with van der Waals surface area (Å²) in [6.45, 7) is 7.67. The highest BCUT2D eigenvalue weighted by molar-refractivity contribution is 7.17. The number of piperazine rings is 1. The predicted octanol–water partition coefficient (Wildman–Crippen LogP) is 1.20. The molecule has 0 radical (unpaired) electrons. The van der Waals surface area contributed by atoms with Crippen molar-refractivity contribution in [2.24, 2.45) is 5.92 Å². The van der Waals surface area contributed by atoms with Crippen molar-refractivity contribution in [3.63, 3.8) is 0 Å². The number of H-pyrrole nitrogens is 1. The van der Waals surface area contributed by atoms with Gasteiger partial charge in [-0.1, -0.05) is 25.2 Å². The molecule has 1 aliphatic heterocycles. The molecule has 4 heterocycles. The first-order valence-electron chi connectivity index (χ1n) is 10.7. The molecule has 0 bridgehead atoms. The van der Waals surface area contributed by atoms with E-state index in [2.05, 4.69) is 59.6 Å². The highest BCUT2D eigenvalue weighted by Crippen LogP contribution is 2.24. The average Bonchev–Trinajstić information content (AvgIpc) is 3.45. The Balaban J connectivity index is 1.50.